The Bertz CT molecular complexity index is 866. The van der Waals surface area contributed by atoms with E-state index in [4.69, 9.17) is 9.84 Å². The van der Waals surface area contributed by atoms with Gasteiger partial charge in [0.25, 0.3) is 5.56 Å². The molecule has 2 aromatic carbocycles. The summed E-state index contributed by atoms with van der Waals surface area (Å²) in [7, 11) is 1.63. The summed E-state index contributed by atoms with van der Waals surface area (Å²) >= 11 is 0. The molecule has 0 saturated carbocycles. The van der Waals surface area contributed by atoms with Crippen LogP contribution in [0.4, 0.5) is 0 Å². The van der Waals surface area contributed by atoms with Gasteiger partial charge in [-0.25, -0.2) is 0 Å². The van der Waals surface area contributed by atoms with E-state index in [1.165, 1.54) is 0 Å². The van der Waals surface area contributed by atoms with Crippen molar-refractivity contribution in [3.63, 3.8) is 0 Å². The van der Waals surface area contributed by atoms with Crippen LogP contribution in [-0.4, -0.2) is 23.4 Å². The number of fused-ring (bicyclic) bond motifs is 1. The molecular weight excluding hydrogens is 290 g/mol. The van der Waals surface area contributed by atoms with E-state index in [1.807, 2.05) is 54.6 Å². The summed E-state index contributed by atoms with van der Waals surface area (Å²) in [4.78, 5) is 12.8. The SMILES string of the molecule is COc1ccc(-c2cc3ccccc3c(=O)n2CCCO)cc1. The van der Waals surface area contributed by atoms with Crippen molar-refractivity contribution in [2.24, 2.45) is 0 Å². The number of nitrogens with zero attached hydrogens (tertiary/aromatic N) is 1. The molecule has 0 bridgehead atoms. The number of hydrogen-bond acceptors (Lipinski definition) is 3. The van der Waals surface area contributed by atoms with Gasteiger partial charge in [0.2, 0.25) is 0 Å². The number of hydrogen-bond donors (Lipinski definition) is 1. The first-order chi connectivity index (χ1) is 11.2. The van der Waals surface area contributed by atoms with Crippen molar-refractivity contribution in [2.75, 3.05) is 13.7 Å². The quantitative estimate of drug-likeness (QED) is 0.788. The zero-order chi connectivity index (χ0) is 16.2. The highest BCUT2D eigenvalue weighted by atomic mass is 16.5. The Morgan fingerprint density at radius 1 is 1.09 bits per heavy atom. The van der Waals surface area contributed by atoms with Crippen LogP contribution in [0.25, 0.3) is 22.0 Å². The fourth-order valence-corrected chi connectivity index (χ4v) is 2.75. The Morgan fingerprint density at radius 2 is 1.83 bits per heavy atom. The topological polar surface area (TPSA) is 51.5 Å². The van der Waals surface area contributed by atoms with Crippen LogP contribution in [0.15, 0.2) is 59.4 Å². The molecule has 0 saturated heterocycles. The first-order valence-corrected chi connectivity index (χ1v) is 7.62. The molecule has 3 rings (SSSR count). The highest BCUT2D eigenvalue weighted by molar-refractivity contribution is 5.85. The lowest BCUT2D eigenvalue weighted by Crippen LogP contribution is -2.22. The normalized spacial score (nSPS) is 10.9. The zero-order valence-electron chi connectivity index (χ0n) is 13.0. The van der Waals surface area contributed by atoms with Crippen LogP contribution in [-0.2, 0) is 6.54 Å². The smallest absolute Gasteiger partial charge is 0.258 e. The third kappa shape index (κ3) is 2.98. The van der Waals surface area contributed by atoms with Crippen molar-refractivity contribution in [2.45, 2.75) is 13.0 Å². The van der Waals surface area contributed by atoms with E-state index in [1.54, 1.807) is 11.7 Å². The average molecular weight is 309 g/mol. The van der Waals surface area contributed by atoms with Crippen LogP contribution in [0, 0.1) is 0 Å². The molecule has 0 aliphatic carbocycles. The van der Waals surface area contributed by atoms with Gasteiger partial charge >= 0.3 is 0 Å². The standard InChI is InChI=1S/C19H19NO3/c1-23-16-9-7-14(8-10-16)18-13-15-5-2-3-6-17(15)19(22)20(18)11-4-12-21/h2-3,5-10,13,21H,4,11-12H2,1H3. The van der Waals surface area contributed by atoms with Gasteiger partial charge in [-0.3, -0.25) is 4.79 Å². The number of aliphatic hydroxyl groups excluding tert-OH is 1. The summed E-state index contributed by atoms with van der Waals surface area (Å²) in [5.74, 6) is 0.777. The number of rotatable bonds is 5. The monoisotopic (exact) mass is 309 g/mol. The molecule has 0 unspecified atom stereocenters. The molecule has 0 aliphatic rings. The number of aromatic nitrogens is 1. The van der Waals surface area contributed by atoms with E-state index in [-0.39, 0.29) is 12.2 Å². The van der Waals surface area contributed by atoms with Crippen LogP contribution >= 0.6 is 0 Å². The summed E-state index contributed by atoms with van der Waals surface area (Å²) in [5.41, 5.74) is 1.78. The average Bonchev–Trinajstić information content (AvgIpc) is 2.61. The number of aliphatic hydroxyl groups is 1. The largest absolute Gasteiger partial charge is 0.497 e. The minimum atomic E-state index is -0.0256. The Hall–Kier alpha value is -2.59. The number of ether oxygens (including phenoxy) is 1. The summed E-state index contributed by atoms with van der Waals surface area (Å²) in [6, 6.07) is 17.2. The molecule has 1 N–H and O–H groups in total. The van der Waals surface area contributed by atoms with Crippen LogP contribution in [0.2, 0.25) is 0 Å². The van der Waals surface area contributed by atoms with E-state index in [9.17, 15) is 4.79 Å². The van der Waals surface area contributed by atoms with Crippen LogP contribution < -0.4 is 10.3 Å². The lowest BCUT2D eigenvalue weighted by molar-refractivity contribution is 0.279. The molecule has 3 aromatic rings. The Kier molecular flexibility index (Phi) is 4.44. The number of pyridine rings is 1. The summed E-state index contributed by atoms with van der Waals surface area (Å²) in [6.07, 6.45) is 0.543. The minimum Gasteiger partial charge on any atom is -0.497 e. The molecule has 0 atom stereocenters. The molecule has 118 valence electrons. The molecule has 4 heteroatoms. The minimum absolute atomic E-state index is 0.0256. The molecule has 0 radical (unpaired) electrons. The van der Waals surface area contributed by atoms with E-state index in [0.29, 0.717) is 18.4 Å². The predicted octanol–water partition coefficient (Wildman–Crippen LogP) is 3.06. The maximum absolute atomic E-state index is 12.8. The Morgan fingerprint density at radius 3 is 2.52 bits per heavy atom. The molecule has 4 nitrogen and oxygen atoms in total. The third-order valence-corrected chi connectivity index (χ3v) is 3.94. The Labute approximate surface area is 134 Å². The van der Waals surface area contributed by atoms with Crippen LogP contribution in [0.5, 0.6) is 5.75 Å². The van der Waals surface area contributed by atoms with Gasteiger partial charge in [-0.05, 0) is 53.8 Å². The second-order valence-electron chi connectivity index (χ2n) is 5.38. The van der Waals surface area contributed by atoms with Gasteiger partial charge in [0.1, 0.15) is 5.75 Å². The highest BCUT2D eigenvalue weighted by Gasteiger charge is 2.10. The summed E-state index contributed by atoms with van der Waals surface area (Å²) in [6.45, 7) is 0.544. The molecule has 0 aliphatic heterocycles. The fourth-order valence-electron chi connectivity index (χ4n) is 2.75. The van der Waals surface area contributed by atoms with E-state index >= 15 is 0 Å². The maximum atomic E-state index is 12.8. The lowest BCUT2D eigenvalue weighted by Gasteiger charge is -2.15. The van der Waals surface area contributed by atoms with Gasteiger partial charge in [0, 0.05) is 18.5 Å². The predicted molar refractivity (Wildman–Crippen MR) is 91.9 cm³/mol. The molecule has 1 heterocycles. The maximum Gasteiger partial charge on any atom is 0.258 e. The second kappa shape index (κ2) is 6.67. The van der Waals surface area contributed by atoms with E-state index in [2.05, 4.69) is 0 Å². The molecule has 1 aromatic heterocycles. The van der Waals surface area contributed by atoms with Crippen molar-refractivity contribution >= 4 is 10.8 Å². The van der Waals surface area contributed by atoms with Gasteiger partial charge in [0.15, 0.2) is 0 Å². The molecular formula is C19H19NO3. The van der Waals surface area contributed by atoms with Crippen molar-refractivity contribution < 1.29 is 9.84 Å². The second-order valence-corrected chi connectivity index (χ2v) is 5.38. The van der Waals surface area contributed by atoms with E-state index in [0.717, 1.165) is 22.4 Å². The number of methoxy groups -OCH3 is 1. The van der Waals surface area contributed by atoms with Gasteiger partial charge in [-0.1, -0.05) is 18.2 Å². The van der Waals surface area contributed by atoms with Crippen LogP contribution in [0.3, 0.4) is 0 Å². The molecule has 0 fully saturated rings. The molecule has 23 heavy (non-hydrogen) atoms. The van der Waals surface area contributed by atoms with Crippen molar-refractivity contribution in [1.29, 1.82) is 0 Å². The number of benzene rings is 2. The summed E-state index contributed by atoms with van der Waals surface area (Å²) in [5, 5.41) is 10.7. The Balaban J connectivity index is 2.21. The van der Waals surface area contributed by atoms with Crippen LogP contribution in [0.1, 0.15) is 6.42 Å². The first-order valence-electron chi connectivity index (χ1n) is 7.62. The lowest BCUT2D eigenvalue weighted by atomic mass is 10.1. The molecule has 0 amide bonds. The summed E-state index contributed by atoms with van der Waals surface area (Å²) < 4.78 is 6.93. The molecule has 0 spiro atoms. The van der Waals surface area contributed by atoms with Crippen molar-refractivity contribution in [3.8, 4) is 17.0 Å². The highest BCUT2D eigenvalue weighted by Crippen LogP contribution is 2.24. The van der Waals surface area contributed by atoms with Crippen molar-refractivity contribution in [1.82, 2.24) is 4.57 Å². The first kappa shape index (κ1) is 15.3. The van der Waals surface area contributed by atoms with Gasteiger partial charge in [0.05, 0.1) is 12.8 Å². The van der Waals surface area contributed by atoms with Crippen molar-refractivity contribution in [3.05, 3.63) is 65.0 Å². The van der Waals surface area contributed by atoms with E-state index < -0.39 is 0 Å². The van der Waals surface area contributed by atoms with Gasteiger partial charge < -0.3 is 14.4 Å². The zero-order valence-corrected chi connectivity index (χ0v) is 13.0. The van der Waals surface area contributed by atoms with Gasteiger partial charge in [-0.15, -0.1) is 0 Å². The van der Waals surface area contributed by atoms with Gasteiger partial charge in [-0.2, -0.15) is 0 Å². The fraction of sp³-hybridized carbons (Fsp3) is 0.211. The third-order valence-electron chi connectivity index (χ3n) is 3.94.